The van der Waals surface area contributed by atoms with Crippen LogP contribution < -0.4 is 5.32 Å². The van der Waals surface area contributed by atoms with Crippen LogP contribution in [-0.4, -0.2) is 62.5 Å². The quantitative estimate of drug-likeness (QED) is 0.653. The predicted octanol–water partition coefficient (Wildman–Crippen LogP) is 0.0536. The van der Waals surface area contributed by atoms with Gasteiger partial charge in [-0.1, -0.05) is 6.07 Å². The van der Waals surface area contributed by atoms with Crippen molar-refractivity contribution in [2.24, 2.45) is 0 Å². The average molecular weight is 334 g/mol. The van der Waals surface area contributed by atoms with E-state index in [2.05, 4.69) is 10.3 Å². The Hall–Kier alpha value is -2.94. The number of fused-ring (bicyclic) bond motifs is 1. The maximum Gasteiger partial charge on any atom is 0.326 e. The number of aromatic nitrogens is 2. The summed E-state index contributed by atoms with van der Waals surface area (Å²) in [5.41, 5.74) is 1.21. The number of pyridine rings is 1. The maximum atomic E-state index is 12.5. The zero-order valence-corrected chi connectivity index (χ0v) is 13.3. The van der Waals surface area contributed by atoms with E-state index in [1.54, 1.807) is 28.8 Å². The first-order valence-corrected chi connectivity index (χ1v) is 7.15. The maximum absolute atomic E-state index is 12.5. The van der Waals surface area contributed by atoms with Crippen LogP contribution >= 0.6 is 0 Å². The highest BCUT2D eigenvalue weighted by Gasteiger charge is 2.27. The molecule has 2 aromatic heterocycles. The zero-order valence-electron chi connectivity index (χ0n) is 13.3. The number of carboxylic acid groups (broad SMARTS) is 2. The SMILES string of the molecule is CN(C)Cc1c(C(=O)NC(CC(=O)O)C(=O)O)nc2ccccn12. The van der Waals surface area contributed by atoms with Crippen LogP contribution in [0.3, 0.4) is 0 Å². The molecule has 0 aliphatic rings. The van der Waals surface area contributed by atoms with Crippen LogP contribution in [0.5, 0.6) is 0 Å². The van der Waals surface area contributed by atoms with Crippen LogP contribution in [0.15, 0.2) is 24.4 Å². The molecule has 24 heavy (non-hydrogen) atoms. The van der Waals surface area contributed by atoms with Gasteiger partial charge in [-0.25, -0.2) is 9.78 Å². The number of aliphatic carboxylic acids is 2. The molecule has 1 unspecified atom stereocenters. The number of amides is 1. The Bertz CT molecular complexity index is 783. The lowest BCUT2D eigenvalue weighted by molar-refractivity contribution is -0.145. The molecule has 9 nitrogen and oxygen atoms in total. The first-order valence-electron chi connectivity index (χ1n) is 7.15. The van der Waals surface area contributed by atoms with Gasteiger partial charge in [-0.05, 0) is 26.2 Å². The van der Waals surface area contributed by atoms with E-state index in [4.69, 9.17) is 10.2 Å². The first kappa shape index (κ1) is 17.4. The lowest BCUT2D eigenvalue weighted by Gasteiger charge is -2.14. The summed E-state index contributed by atoms with van der Waals surface area (Å²) < 4.78 is 1.74. The van der Waals surface area contributed by atoms with Gasteiger partial charge in [0.2, 0.25) is 0 Å². The van der Waals surface area contributed by atoms with Crippen LogP contribution in [0.1, 0.15) is 22.6 Å². The Morgan fingerprint density at radius 3 is 2.58 bits per heavy atom. The molecule has 0 aliphatic heterocycles. The lowest BCUT2D eigenvalue weighted by Crippen LogP contribution is -2.42. The summed E-state index contributed by atoms with van der Waals surface area (Å²) in [5, 5.41) is 20.0. The van der Waals surface area contributed by atoms with Crippen LogP contribution in [0.4, 0.5) is 0 Å². The van der Waals surface area contributed by atoms with Crippen molar-refractivity contribution in [3.05, 3.63) is 35.8 Å². The summed E-state index contributed by atoms with van der Waals surface area (Å²) in [7, 11) is 3.66. The molecule has 1 amide bonds. The minimum absolute atomic E-state index is 0.0755. The third kappa shape index (κ3) is 3.87. The molecule has 2 aromatic rings. The standard InChI is InChI=1S/C15H18N4O5/c1-18(2)8-10-13(17-11-5-3-4-6-19(10)11)14(22)16-9(15(23)24)7-12(20)21/h3-6,9H,7-8H2,1-2H3,(H,16,22)(H,20,21)(H,23,24). The molecular formula is C15H18N4O5. The van der Waals surface area contributed by atoms with Crippen molar-refractivity contribution in [2.75, 3.05) is 14.1 Å². The Morgan fingerprint density at radius 1 is 1.29 bits per heavy atom. The van der Waals surface area contributed by atoms with Crippen LogP contribution in [-0.2, 0) is 16.1 Å². The first-order chi connectivity index (χ1) is 11.3. The molecular weight excluding hydrogens is 316 g/mol. The third-order valence-corrected chi connectivity index (χ3v) is 3.29. The van der Waals surface area contributed by atoms with Gasteiger partial charge in [0, 0.05) is 12.7 Å². The number of imidazole rings is 1. The van der Waals surface area contributed by atoms with Crippen molar-refractivity contribution in [1.29, 1.82) is 0 Å². The number of carbonyl (C=O) groups is 3. The molecule has 2 rings (SSSR count). The van der Waals surface area contributed by atoms with E-state index in [-0.39, 0.29) is 5.69 Å². The Kier molecular flexibility index (Phi) is 5.14. The number of hydrogen-bond acceptors (Lipinski definition) is 5. The Morgan fingerprint density at radius 2 is 2.00 bits per heavy atom. The summed E-state index contributed by atoms with van der Waals surface area (Å²) in [6.07, 6.45) is 1.04. The second-order valence-corrected chi connectivity index (χ2v) is 5.54. The molecule has 0 aromatic carbocycles. The van der Waals surface area contributed by atoms with Crippen molar-refractivity contribution in [3.63, 3.8) is 0 Å². The molecule has 0 saturated heterocycles. The molecule has 0 saturated carbocycles. The molecule has 2 heterocycles. The second kappa shape index (κ2) is 7.09. The predicted molar refractivity (Wildman–Crippen MR) is 83.7 cm³/mol. The van der Waals surface area contributed by atoms with Gasteiger partial charge in [-0.2, -0.15) is 0 Å². The fraction of sp³-hybridized carbons (Fsp3) is 0.333. The Balaban J connectivity index is 2.37. The number of nitrogens with zero attached hydrogens (tertiary/aromatic N) is 3. The fourth-order valence-corrected chi connectivity index (χ4v) is 2.28. The van der Waals surface area contributed by atoms with Gasteiger partial charge in [0.05, 0.1) is 12.1 Å². The molecule has 9 heteroatoms. The molecule has 0 aliphatic carbocycles. The number of nitrogens with one attached hydrogen (secondary N) is 1. The summed E-state index contributed by atoms with van der Waals surface area (Å²) >= 11 is 0. The van der Waals surface area contributed by atoms with Crippen molar-refractivity contribution in [3.8, 4) is 0 Å². The molecule has 0 radical (unpaired) electrons. The zero-order chi connectivity index (χ0) is 17.9. The van der Waals surface area contributed by atoms with Crippen molar-refractivity contribution in [2.45, 2.75) is 19.0 Å². The number of hydrogen-bond donors (Lipinski definition) is 3. The molecule has 1 atom stereocenters. The van der Waals surface area contributed by atoms with Crippen LogP contribution in [0.2, 0.25) is 0 Å². The fourth-order valence-electron chi connectivity index (χ4n) is 2.28. The minimum Gasteiger partial charge on any atom is -0.481 e. The third-order valence-electron chi connectivity index (χ3n) is 3.29. The largest absolute Gasteiger partial charge is 0.481 e. The summed E-state index contributed by atoms with van der Waals surface area (Å²) in [6.45, 7) is 0.407. The van der Waals surface area contributed by atoms with Gasteiger partial charge in [-0.15, -0.1) is 0 Å². The van der Waals surface area contributed by atoms with E-state index in [1.807, 2.05) is 19.0 Å². The molecule has 0 fully saturated rings. The summed E-state index contributed by atoms with van der Waals surface area (Å²) in [6, 6.07) is 3.77. The van der Waals surface area contributed by atoms with Crippen molar-refractivity contribution < 1.29 is 24.6 Å². The highest BCUT2D eigenvalue weighted by Crippen LogP contribution is 2.14. The van der Waals surface area contributed by atoms with E-state index < -0.39 is 30.3 Å². The van der Waals surface area contributed by atoms with Gasteiger partial charge in [0.15, 0.2) is 5.69 Å². The number of carboxylic acids is 2. The van der Waals surface area contributed by atoms with E-state index in [1.165, 1.54) is 0 Å². The average Bonchev–Trinajstić information content (AvgIpc) is 2.84. The van der Waals surface area contributed by atoms with Crippen LogP contribution in [0.25, 0.3) is 5.65 Å². The van der Waals surface area contributed by atoms with Gasteiger partial charge >= 0.3 is 11.9 Å². The molecule has 0 bridgehead atoms. The highest BCUT2D eigenvalue weighted by atomic mass is 16.4. The summed E-state index contributed by atoms with van der Waals surface area (Å²) in [5.74, 6) is -3.45. The molecule has 128 valence electrons. The van der Waals surface area contributed by atoms with Crippen molar-refractivity contribution >= 4 is 23.5 Å². The second-order valence-electron chi connectivity index (χ2n) is 5.54. The van der Waals surface area contributed by atoms with Gasteiger partial charge in [0.25, 0.3) is 5.91 Å². The normalized spacial score (nSPS) is 12.3. The van der Waals surface area contributed by atoms with Gasteiger partial charge in [0.1, 0.15) is 11.7 Å². The van der Waals surface area contributed by atoms with Crippen LogP contribution in [0, 0.1) is 0 Å². The smallest absolute Gasteiger partial charge is 0.326 e. The minimum atomic E-state index is -1.52. The number of rotatable bonds is 7. The number of carbonyl (C=O) groups excluding carboxylic acids is 1. The monoisotopic (exact) mass is 334 g/mol. The van der Waals surface area contributed by atoms with E-state index in [9.17, 15) is 14.4 Å². The Labute approximate surface area is 137 Å². The van der Waals surface area contributed by atoms with Crippen molar-refractivity contribution in [1.82, 2.24) is 19.6 Å². The topological polar surface area (TPSA) is 124 Å². The summed E-state index contributed by atoms with van der Waals surface area (Å²) in [4.78, 5) is 40.4. The highest BCUT2D eigenvalue weighted by molar-refractivity contribution is 5.97. The van der Waals surface area contributed by atoms with E-state index in [0.29, 0.717) is 17.9 Å². The van der Waals surface area contributed by atoms with Gasteiger partial charge < -0.3 is 24.8 Å². The van der Waals surface area contributed by atoms with E-state index in [0.717, 1.165) is 0 Å². The molecule has 3 N–H and O–H groups in total. The lowest BCUT2D eigenvalue weighted by atomic mass is 10.2. The molecule has 0 spiro atoms. The van der Waals surface area contributed by atoms with Gasteiger partial charge in [-0.3, -0.25) is 9.59 Å². The van der Waals surface area contributed by atoms with E-state index >= 15 is 0 Å².